The SMILES string of the molecule is Cc1nc(SCC(=O)N[C@H](C)c2ccc(Cl)cc2)c2ccccc2n1. The van der Waals surface area contributed by atoms with Crippen molar-refractivity contribution in [3.8, 4) is 0 Å². The Morgan fingerprint density at radius 1 is 1.16 bits per heavy atom. The molecule has 3 aromatic rings. The average molecular weight is 372 g/mol. The molecule has 1 aromatic heterocycles. The predicted octanol–water partition coefficient (Wildman–Crippen LogP) is 4.56. The first-order valence-corrected chi connectivity index (χ1v) is 9.30. The van der Waals surface area contributed by atoms with Gasteiger partial charge in [-0.25, -0.2) is 9.97 Å². The molecule has 0 bridgehead atoms. The Hall–Kier alpha value is -2.11. The van der Waals surface area contributed by atoms with Crippen molar-refractivity contribution in [2.45, 2.75) is 24.9 Å². The second kappa shape index (κ2) is 7.85. The zero-order chi connectivity index (χ0) is 17.8. The number of nitrogens with zero attached hydrogens (tertiary/aromatic N) is 2. The molecule has 0 saturated heterocycles. The van der Waals surface area contributed by atoms with E-state index < -0.39 is 0 Å². The van der Waals surface area contributed by atoms with Crippen LogP contribution in [0.15, 0.2) is 53.6 Å². The Labute approximate surface area is 156 Å². The van der Waals surface area contributed by atoms with Gasteiger partial charge < -0.3 is 5.32 Å². The molecule has 0 saturated carbocycles. The van der Waals surface area contributed by atoms with Gasteiger partial charge in [-0.05, 0) is 37.6 Å². The Kier molecular flexibility index (Phi) is 5.56. The molecule has 0 spiro atoms. The van der Waals surface area contributed by atoms with E-state index in [1.54, 1.807) is 0 Å². The van der Waals surface area contributed by atoms with Crippen LogP contribution in [0.25, 0.3) is 10.9 Å². The molecule has 3 rings (SSSR count). The standard InChI is InChI=1S/C19H18ClN3OS/c1-12(14-7-9-15(20)10-8-14)21-18(24)11-25-19-16-5-3-4-6-17(16)22-13(2)23-19/h3-10,12H,11H2,1-2H3,(H,21,24)/t12-/m1/s1. The summed E-state index contributed by atoms with van der Waals surface area (Å²) in [5, 5.41) is 5.49. The second-order valence-electron chi connectivity index (χ2n) is 5.72. The number of aryl methyl sites for hydroxylation is 1. The molecule has 1 atom stereocenters. The molecule has 0 radical (unpaired) electrons. The van der Waals surface area contributed by atoms with Crippen molar-refractivity contribution >= 4 is 40.2 Å². The molecule has 25 heavy (non-hydrogen) atoms. The lowest BCUT2D eigenvalue weighted by atomic mass is 10.1. The Morgan fingerprint density at radius 2 is 1.88 bits per heavy atom. The quantitative estimate of drug-likeness (QED) is 0.527. The first kappa shape index (κ1) is 17.7. The van der Waals surface area contributed by atoms with E-state index in [9.17, 15) is 4.79 Å². The topological polar surface area (TPSA) is 54.9 Å². The minimum absolute atomic E-state index is 0.0344. The minimum atomic E-state index is -0.0748. The number of carbonyl (C=O) groups excluding carboxylic acids is 1. The summed E-state index contributed by atoms with van der Waals surface area (Å²) in [6.07, 6.45) is 0. The van der Waals surface area contributed by atoms with Crippen LogP contribution in [-0.2, 0) is 4.79 Å². The molecular formula is C19H18ClN3OS. The van der Waals surface area contributed by atoms with E-state index in [2.05, 4.69) is 15.3 Å². The molecule has 0 aliphatic carbocycles. The van der Waals surface area contributed by atoms with Crippen LogP contribution in [0, 0.1) is 6.92 Å². The van der Waals surface area contributed by atoms with Crippen LogP contribution < -0.4 is 5.32 Å². The van der Waals surface area contributed by atoms with E-state index in [0.717, 1.165) is 21.5 Å². The van der Waals surface area contributed by atoms with Gasteiger partial charge in [-0.1, -0.05) is 53.7 Å². The van der Waals surface area contributed by atoms with Crippen molar-refractivity contribution in [1.82, 2.24) is 15.3 Å². The number of carbonyl (C=O) groups is 1. The van der Waals surface area contributed by atoms with Crippen LogP contribution in [0.4, 0.5) is 0 Å². The molecular weight excluding hydrogens is 354 g/mol. The zero-order valence-corrected chi connectivity index (χ0v) is 15.6. The summed E-state index contributed by atoms with van der Waals surface area (Å²) in [6, 6.07) is 15.2. The van der Waals surface area contributed by atoms with E-state index >= 15 is 0 Å². The normalized spacial score (nSPS) is 12.1. The Bertz CT molecular complexity index is 899. The number of amides is 1. The van der Waals surface area contributed by atoms with Crippen molar-refractivity contribution in [3.63, 3.8) is 0 Å². The van der Waals surface area contributed by atoms with Gasteiger partial charge in [-0.3, -0.25) is 4.79 Å². The van der Waals surface area contributed by atoms with E-state index in [1.165, 1.54) is 11.8 Å². The number of thioether (sulfide) groups is 1. The number of benzene rings is 2. The first-order valence-electron chi connectivity index (χ1n) is 7.94. The number of rotatable bonds is 5. The van der Waals surface area contributed by atoms with Crippen molar-refractivity contribution < 1.29 is 4.79 Å². The van der Waals surface area contributed by atoms with Crippen LogP contribution >= 0.6 is 23.4 Å². The lowest BCUT2D eigenvalue weighted by molar-refractivity contribution is -0.119. The molecule has 4 nitrogen and oxygen atoms in total. The smallest absolute Gasteiger partial charge is 0.230 e. The van der Waals surface area contributed by atoms with Crippen LogP contribution in [0.5, 0.6) is 0 Å². The third kappa shape index (κ3) is 4.50. The zero-order valence-electron chi connectivity index (χ0n) is 14.0. The van der Waals surface area contributed by atoms with Gasteiger partial charge in [0.1, 0.15) is 10.9 Å². The maximum absolute atomic E-state index is 12.3. The van der Waals surface area contributed by atoms with Gasteiger partial charge in [-0.15, -0.1) is 0 Å². The molecule has 0 fully saturated rings. The molecule has 1 heterocycles. The van der Waals surface area contributed by atoms with Crippen molar-refractivity contribution in [3.05, 3.63) is 64.9 Å². The van der Waals surface area contributed by atoms with Gasteiger partial charge in [0.2, 0.25) is 5.91 Å². The maximum Gasteiger partial charge on any atom is 0.230 e. The molecule has 128 valence electrons. The number of hydrogen-bond acceptors (Lipinski definition) is 4. The summed E-state index contributed by atoms with van der Waals surface area (Å²) >= 11 is 7.32. The highest BCUT2D eigenvalue weighted by molar-refractivity contribution is 8.00. The first-order chi connectivity index (χ1) is 12.0. The average Bonchev–Trinajstić information content (AvgIpc) is 2.60. The molecule has 6 heteroatoms. The molecule has 0 unspecified atom stereocenters. The van der Waals surface area contributed by atoms with Crippen LogP contribution in [0.3, 0.4) is 0 Å². The van der Waals surface area contributed by atoms with Crippen molar-refractivity contribution in [2.24, 2.45) is 0 Å². The van der Waals surface area contributed by atoms with E-state index in [1.807, 2.05) is 62.4 Å². The maximum atomic E-state index is 12.3. The Balaban J connectivity index is 1.65. The molecule has 1 amide bonds. The molecule has 2 aromatic carbocycles. The third-order valence-electron chi connectivity index (χ3n) is 3.77. The molecule has 1 N–H and O–H groups in total. The van der Waals surface area contributed by atoms with Gasteiger partial charge in [-0.2, -0.15) is 0 Å². The van der Waals surface area contributed by atoms with Crippen LogP contribution in [0.2, 0.25) is 5.02 Å². The monoisotopic (exact) mass is 371 g/mol. The predicted molar refractivity (Wildman–Crippen MR) is 103 cm³/mol. The summed E-state index contributed by atoms with van der Waals surface area (Å²) < 4.78 is 0. The molecule has 0 aliphatic heterocycles. The lowest BCUT2D eigenvalue weighted by Gasteiger charge is -2.14. The fraction of sp³-hybridized carbons (Fsp3) is 0.211. The minimum Gasteiger partial charge on any atom is -0.349 e. The van der Waals surface area contributed by atoms with Gasteiger partial charge in [0.05, 0.1) is 17.3 Å². The fourth-order valence-corrected chi connectivity index (χ4v) is 3.52. The van der Waals surface area contributed by atoms with E-state index in [-0.39, 0.29) is 11.9 Å². The molecule has 0 aliphatic rings. The largest absolute Gasteiger partial charge is 0.349 e. The highest BCUT2D eigenvalue weighted by Crippen LogP contribution is 2.25. The van der Waals surface area contributed by atoms with Crippen molar-refractivity contribution in [2.75, 3.05) is 5.75 Å². The number of halogens is 1. The highest BCUT2D eigenvalue weighted by Gasteiger charge is 2.12. The number of para-hydroxylation sites is 1. The van der Waals surface area contributed by atoms with E-state index in [4.69, 9.17) is 11.6 Å². The van der Waals surface area contributed by atoms with Gasteiger partial charge >= 0.3 is 0 Å². The summed E-state index contributed by atoms with van der Waals surface area (Å²) in [7, 11) is 0. The number of aromatic nitrogens is 2. The summed E-state index contributed by atoms with van der Waals surface area (Å²) in [5.74, 6) is 0.974. The van der Waals surface area contributed by atoms with Crippen molar-refractivity contribution in [1.29, 1.82) is 0 Å². The fourth-order valence-electron chi connectivity index (χ4n) is 2.52. The summed E-state index contributed by atoms with van der Waals surface area (Å²) in [6.45, 7) is 3.81. The summed E-state index contributed by atoms with van der Waals surface area (Å²) in [5.41, 5.74) is 1.92. The van der Waals surface area contributed by atoms with Gasteiger partial charge in [0.15, 0.2) is 0 Å². The van der Waals surface area contributed by atoms with Crippen LogP contribution in [-0.4, -0.2) is 21.6 Å². The third-order valence-corrected chi connectivity index (χ3v) is 5.01. The lowest BCUT2D eigenvalue weighted by Crippen LogP contribution is -2.28. The van der Waals surface area contributed by atoms with Gasteiger partial charge in [0.25, 0.3) is 0 Å². The number of hydrogen-bond donors (Lipinski definition) is 1. The second-order valence-corrected chi connectivity index (χ2v) is 7.12. The van der Waals surface area contributed by atoms with E-state index in [0.29, 0.717) is 16.6 Å². The summed E-state index contributed by atoms with van der Waals surface area (Å²) in [4.78, 5) is 21.2. The Morgan fingerprint density at radius 3 is 2.64 bits per heavy atom. The van der Waals surface area contributed by atoms with Crippen LogP contribution in [0.1, 0.15) is 24.4 Å². The van der Waals surface area contributed by atoms with Gasteiger partial charge in [0, 0.05) is 10.4 Å². The highest BCUT2D eigenvalue weighted by atomic mass is 35.5. The number of nitrogens with one attached hydrogen (secondary N) is 1. The number of fused-ring (bicyclic) bond motifs is 1.